The monoisotopic (exact) mass is 600 g/mol. The lowest BCUT2D eigenvalue weighted by atomic mass is 9.89. The molecule has 0 spiro atoms. The summed E-state index contributed by atoms with van der Waals surface area (Å²) in [7, 11) is 7.77. The number of aromatic carboxylic acids is 1. The van der Waals surface area contributed by atoms with Gasteiger partial charge in [-0.15, -0.1) is 20.4 Å². The lowest BCUT2D eigenvalue weighted by Crippen LogP contribution is -2.23. The minimum Gasteiger partial charge on any atom is -0.478 e. The molecule has 2 aliphatic rings. The molecule has 0 saturated carbocycles. The molecule has 0 atom stereocenters. The minimum atomic E-state index is -1.10. The molecule has 2 heterocycles. The fourth-order valence-corrected chi connectivity index (χ4v) is 5.17. The lowest BCUT2D eigenvalue weighted by molar-refractivity contribution is 0.0697. The summed E-state index contributed by atoms with van der Waals surface area (Å²) in [4.78, 5) is 27.9. The molecule has 11 nitrogen and oxygen atoms in total. The van der Waals surface area contributed by atoms with E-state index in [4.69, 9.17) is 4.42 Å². The van der Waals surface area contributed by atoms with E-state index in [2.05, 4.69) is 25.7 Å². The number of carboxylic acids is 1. The molecule has 1 aromatic heterocycles. The summed E-state index contributed by atoms with van der Waals surface area (Å²) >= 11 is 0. The van der Waals surface area contributed by atoms with Crippen LogP contribution in [-0.4, -0.2) is 65.6 Å². The van der Waals surface area contributed by atoms with Crippen molar-refractivity contribution in [2.45, 2.75) is 6.54 Å². The predicted octanol–water partition coefficient (Wildman–Crippen LogP) is 4.18. The molecular formula is C34H30N7O4+. The van der Waals surface area contributed by atoms with Gasteiger partial charge < -0.3 is 19.7 Å². The number of anilines is 1. The second-order valence-corrected chi connectivity index (χ2v) is 10.9. The van der Waals surface area contributed by atoms with Gasteiger partial charge in [-0.2, -0.15) is 0 Å². The van der Waals surface area contributed by atoms with Crippen LogP contribution in [0.4, 0.5) is 5.69 Å². The summed E-state index contributed by atoms with van der Waals surface area (Å²) in [6.45, 7) is 0.262. The molecular weight excluding hydrogens is 570 g/mol. The first-order valence-electron chi connectivity index (χ1n) is 14.1. The lowest BCUT2D eigenvalue weighted by Gasteiger charge is -2.19. The van der Waals surface area contributed by atoms with Gasteiger partial charge in [0.25, 0.3) is 5.91 Å². The van der Waals surface area contributed by atoms with Crippen LogP contribution in [0, 0.1) is 0 Å². The second-order valence-electron chi connectivity index (χ2n) is 10.9. The largest absolute Gasteiger partial charge is 0.478 e. The third kappa shape index (κ3) is 5.83. The molecule has 0 unspecified atom stereocenters. The Morgan fingerprint density at radius 3 is 2.33 bits per heavy atom. The molecule has 3 aromatic carbocycles. The Morgan fingerprint density at radius 2 is 1.64 bits per heavy atom. The number of amides is 1. The van der Waals surface area contributed by atoms with Crippen molar-refractivity contribution in [3.05, 3.63) is 107 Å². The number of carbonyl (C=O) groups is 2. The number of benzene rings is 4. The van der Waals surface area contributed by atoms with Gasteiger partial charge >= 0.3 is 5.97 Å². The van der Waals surface area contributed by atoms with E-state index in [-0.39, 0.29) is 18.0 Å². The molecule has 1 aliphatic heterocycles. The highest BCUT2D eigenvalue weighted by molar-refractivity contribution is 6.09. The van der Waals surface area contributed by atoms with Gasteiger partial charge in [-0.1, -0.05) is 24.3 Å². The molecule has 45 heavy (non-hydrogen) atoms. The van der Waals surface area contributed by atoms with Gasteiger partial charge in [-0.05, 0) is 47.5 Å². The van der Waals surface area contributed by atoms with Crippen molar-refractivity contribution in [3.63, 3.8) is 0 Å². The number of nitrogens with zero attached hydrogens (tertiary/aromatic N) is 6. The van der Waals surface area contributed by atoms with Crippen molar-refractivity contribution < 1.29 is 19.1 Å². The van der Waals surface area contributed by atoms with Crippen molar-refractivity contribution in [2.24, 2.45) is 0 Å². The van der Waals surface area contributed by atoms with Crippen LogP contribution in [0.25, 0.3) is 44.8 Å². The van der Waals surface area contributed by atoms with Crippen molar-refractivity contribution in [2.75, 3.05) is 33.1 Å². The number of nitrogens with one attached hydrogen (secondary N) is 1. The number of aromatic nitrogens is 4. The van der Waals surface area contributed by atoms with Gasteiger partial charge in [0.1, 0.15) is 25.4 Å². The van der Waals surface area contributed by atoms with Gasteiger partial charge in [0.15, 0.2) is 6.33 Å². The SMILES string of the molecule is CN(C)c1ccc2c(-c3cc(C(=O)NCc4ccc(-c5nncnn5)cc4)ccc3C(=O)O)c3ccc(=[N+](C)C)cc-3oc2c1. The zero-order chi connectivity index (χ0) is 31.7. The van der Waals surface area contributed by atoms with E-state index in [1.54, 1.807) is 6.07 Å². The number of hydrogen-bond donors (Lipinski definition) is 2. The fourth-order valence-electron chi connectivity index (χ4n) is 5.17. The maximum absolute atomic E-state index is 13.4. The standard InChI is InChI=1S/C34H29N7O4/c1-40(2)23-10-13-26-29(16-23)45-30-17-24(41(3)4)11-14-27(30)31(26)28-15-22(9-12-25(28)34(43)44)33(42)35-18-20-5-7-21(8-6-20)32-38-36-19-37-39-32/h5-17,19H,18H2,1-4H3,(H-,35,42,43,44)/p+1. The Kier molecular flexibility index (Phi) is 7.74. The van der Waals surface area contributed by atoms with Crippen LogP contribution >= 0.6 is 0 Å². The summed E-state index contributed by atoms with van der Waals surface area (Å²) in [5.74, 6) is -0.427. The van der Waals surface area contributed by atoms with Crippen LogP contribution in [0.3, 0.4) is 0 Å². The summed E-state index contributed by atoms with van der Waals surface area (Å²) < 4.78 is 8.37. The molecule has 0 bridgehead atoms. The van der Waals surface area contributed by atoms with Crippen molar-refractivity contribution in [3.8, 4) is 33.8 Å². The summed E-state index contributed by atoms with van der Waals surface area (Å²) in [6, 6.07) is 23.7. The minimum absolute atomic E-state index is 0.0800. The van der Waals surface area contributed by atoms with Gasteiger partial charge in [0, 0.05) is 66.1 Å². The first kappa shape index (κ1) is 29.1. The molecule has 11 heteroatoms. The molecule has 6 rings (SSSR count). The molecule has 4 aromatic rings. The van der Waals surface area contributed by atoms with E-state index in [0.717, 1.165) is 33.1 Å². The highest BCUT2D eigenvalue weighted by atomic mass is 16.4. The summed E-state index contributed by atoms with van der Waals surface area (Å²) in [5, 5.41) is 30.3. The highest BCUT2D eigenvalue weighted by Crippen LogP contribution is 2.42. The smallest absolute Gasteiger partial charge is 0.336 e. The maximum Gasteiger partial charge on any atom is 0.336 e. The Hall–Kier alpha value is -5.97. The zero-order valence-electron chi connectivity index (χ0n) is 25.1. The van der Waals surface area contributed by atoms with Gasteiger partial charge in [-0.25, -0.2) is 9.37 Å². The van der Waals surface area contributed by atoms with Crippen LogP contribution in [0.2, 0.25) is 0 Å². The first-order valence-corrected chi connectivity index (χ1v) is 14.1. The van der Waals surface area contributed by atoms with Crippen LogP contribution in [0.1, 0.15) is 26.3 Å². The Bertz CT molecular complexity index is 2100. The Balaban J connectivity index is 1.41. The van der Waals surface area contributed by atoms with Gasteiger partial charge in [-0.3, -0.25) is 4.79 Å². The Morgan fingerprint density at radius 1 is 0.889 bits per heavy atom. The van der Waals surface area contributed by atoms with E-state index >= 15 is 0 Å². The summed E-state index contributed by atoms with van der Waals surface area (Å²) in [6.07, 6.45) is 1.27. The molecule has 224 valence electrons. The van der Waals surface area contributed by atoms with Crippen molar-refractivity contribution >= 4 is 28.5 Å². The zero-order valence-corrected chi connectivity index (χ0v) is 25.1. The first-order chi connectivity index (χ1) is 21.7. The average Bonchev–Trinajstić information content (AvgIpc) is 3.05. The van der Waals surface area contributed by atoms with Crippen LogP contribution in [-0.2, 0) is 6.54 Å². The van der Waals surface area contributed by atoms with Crippen LogP contribution in [0.5, 0.6) is 0 Å². The van der Waals surface area contributed by atoms with Crippen LogP contribution in [0.15, 0.2) is 89.6 Å². The van der Waals surface area contributed by atoms with Gasteiger partial charge in [0.05, 0.1) is 11.6 Å². The number of carbonyl (C=O) groups excluding carboxylic acids is 1. The molecule has 1 aliphatic carbocycles. The van der Waals surface area contributed by atoms with E-state index < -0.39 is 5.97 Å². The fraction of sp³-hybridized carbons (Fsp3) is 0.147. The third-order valence-corrected chi connectivity index (χ3v) is 7.58. The molecule has 0 fully saturated rings. The average molecular weight is 601 g/mol. The molecule has 1 amide bonds. The number of fused-ring (bicyclic) bond motifs is 2. The highest BCUT2D eigenvalue weighted by Gasteiger charge is 2.24. The Labute approximate surface area is 258 Å². The topological polar surface area (TPSA) is 137 Å². The van der Waals surface area contributed by atoms with E-state index in [1.165, 1.54) is 18.5 Å². The van der Waals surface area contributed by atoms with Crippen molar-refractivity contribution in [1.29, 1.82) is 0 Å². The number of carboxylic acid groups (broad SMARTS) is 1. The second kappa shape index (κ2) is 12.0. The van der Waals surface area contributed by atoms with E-state index in [1.807, 2.05) is 98.3 Å². The van der Waals surface area contributed by atoms with Crippen LogP contribution < -0.4 is 20.1 Å². The molecule has 2 N–H and O–H groups in total. The quantitative estimate of drug-likeness (QED) is 0.204. The summed E-state index contributed by atoms with van der Waals surface area (Å²) in [5.41, 5.74) is 5.40. The third-order valence-electron chi connectivity index (χ3n) is 7.58. The van der Waals surface area contributed by atoms with E-state index in [9.17, 15) is 14.7 Å². The van der Waals surface area contributed by atoms with Gasteiger partial charge in [0.2, 0.25) is 11.2 Å². The maximum atomic E-state index is 13.4. The molecule has 0 saturated heterocycles. The normalized spacial score (nSPS) is 11.0. The molecule has 0 radical (unpaired) electrons. The number of rotatable bonds is 7. The van der Waals surface area contributed by atoms with E-state index in [0.29, 0.717) is 33.9 Å². The number of hydrogen-bond acceptors (Lipinski definition) is 8. The predicted molar refractivity (Wildman–Crippen MR) is 171 cm³/mol. The van der Waals surface area contributed by atoms with Crippen molar-refractivity contribution in [1.82, 2.24) is 30.3 Å².